The molecule has 1 amide bonds. The zero-order valence-electron chi connectivity index (χ0n) is 17.7. The number of benzene rings is 3. The maximum absolute atomic E-state index is 13.2. The lowest BCUT2D eigenvalue weighted by atomic mass is 10.1. The van der Waals surface area contributed by atoms with Crippen LogP contribution in [0.1, 0.15) is 15.9 Å². The molecule has 3 aromatic carbocycles. The molecule has 0 spiro atoms. The first-order valence-electron chi connectivity index (χ1n) is 10.3. The van der Waals surface area contributed by atoms with Crippen LogP contribution in [0.3, 0.4) is 0 Å². The number of carbonyl (C=O) groups is 1. The minimum atomic E-state index is -0.573. The number of fused-ring (bicyclic) bond motifs is 1. The molecule has 0 aliphatic rings. The average molecular weight is 443 g/mol. The second kappa shape index (κ2) is 10.4. The van der Waals surface area contributed by atoms with Crippen molar-refractivity contribution >= 4 is 28.6 Å². The van der Waals surface area contributed by atoms with Gasteiger partial charge >= 0.3 is 0 Å². The van der Waals surface area contributed by atoms with Gasteiger partial charge in [0.05, 0.1) is 17.4 Å². The van der Waals surface area contributed by atoms with E-state index in [1.165, 1.54) is 12.1 Å². The third kappa shape index (κ3) is 5.93. The normalized spacial score (nSPS) is 11.3. The number of amides is 1. The molecule has 1 heterocycles. The van der Waals surface area contributed by atoms with E-state index in [-0.39, 0.29) is 12.4 Å². The first kappa shape index (κ1) is 22.0. The quantitative estimate of drug-likeness (QED) is 0.262. The summed E-state index contributed by atoms with van der Waals surface area (Å²) in [5, 5.41) is 13.2. The van der Waals surface area contributed by atoms with Crippen LogP contribution in [-0.4, -0.2) is 29.3 Å². The summed E-state index contributed by atoms with van der Waals surface area (Å²) < 4.78 is 19.0. The van der Waals surface area contributed by atoms with Crippen molar-refractivity contribution in [3.63, 3.8) is 0 Å². The maximum Gasteiger partial charge on any atom is 0.274 e. The van der Waals surface area contributed by atoms with E-state index in [9.17, 15) is 9.18 Å². The van der Waals surface area contributed by atoms with Crippen molar-refractivity contribution in [2.24, 2.45) is 0 Å². The number of nitrogens with one attached hydrogen (secondary N) is 2. The maximum atomic E-state index is 13.2. The largest absolute Gasteiger partial charge is 0.489 e. The van der Waals surface area contributed by atoms with E-state index in [1.54, 1.807) is 48.1 Å². The highest BCUT2D eigenvalue weighted by molar-refractivity contribution is 5.93. The van der Waals surface area contributed by atoms with Crippen LogP contribution in [0, 0.1) is 5.82 Å². The summed E-state index contributed by atoms with van der Waals surface area (Å²) in [5.41, 5.74) is 5.54. The van der Waals surface area contributed by atoms with Crippen LogP contribution < -0.4 is 15.5 Å². The van der Waals surface area contributed by atoms with Gasteiger partial charge in [-0.1, -0.05) is 36.4 Å². The van der Waals surface area contributed by atoms with E-state index in [4.69, 9.17) is 9.94 Å². The number of anilines is 1. The molecule has 4 rings (SSSR count). The molecule has 4 aromatic rings. The fraction of sp³-hybridized carbons (Fsp3) is 0.0769. The van der Waals surface area contributed by atoms with Crippen molar-refractivity contribution in [1.29, 1.82) is 0 Å². The van der Waals surface area contributed by atoms with Crippen LogP contribution in [0.25, 0.3) is 17.0 Å². The number of nitrogens with zero attached hydrogens (tertiary/aromatic N) is 1. The molecule has 0 aliphatic heterocycles. The van der Waals surface area contributed by atoms with Gasteiger partial charge in [-0.3, -0.25) is 15.0 Å². The molecular weight excluding hydrogens is 421 g/mol. The molecule has 6 nitrogen and oxygen atoms in total. The number of ether oxygens (including phenoxy) is 1. The lowest BCUT2D eigenvalue weighted by Gasteiger charge is -2.13. The van der Waals surface area contributed by atoms with E-state index in [0.717, 1.165) is 27.7 Å². The Morgan fingerprint density at radius 2 is 1.79 bits per heavy atom. The predicted octanol–water partition coefficient (Wildman–Crippen LogP) is 5.07. The topological polar surface area (TPSA) is 83.5 Å². The Bertz CT molecular complexity index is 1270. The number of carbonyl (C=O) groups excluding carboxylic acids is 1. The third-order valence-electron chi connectivity index (χ3n) is 4.99. The Morgan fingerprint density at radius 1 is 1.03 bits per heavy atom. The molecular formula is C26H22FN3O3. The Morgan fingerprint density at radius 3 is 2.55 bits per heavy atom. The summed E-state index contributed by atoms with van der Waals surface area (Å²) in [6, 6.07) is 22.6. The molecule has 7 heteroatoms. The second-order valence-electron chi connectivity index (χ2n) is 7.38. The van der Waals surface area contributed by atoms with Gasteiger partial charge < -0.3 is 10.1 Å². The number of hydrogen-bond acceptors (Lipinski definition) is 5. The lowest BCUT2D eigenvalue weighted by molar-refractivity contribution is 0.0706. The summed E-state index contributed by atoms with van der Waals surface area (Å²) in [6.07, 6.45) is 3.73. The predicted molar refractivity (Wildman–Crippen MR) is 126 cm³/mol. The number of hydrogen-bond donors (Lipinski definition) is 3. The van der Waals surface area contributed by atoms with Gasteiger partial charge in [0.25, 0.3) is 5.91 Å². The SMILES string of the molecule is O=C(NO)c1ccc(/C=C(/CNc2cnc3ccccc3c2)COc2ccc(F)cc2)cc1. The van der Waals surface area contributed by atoms with Gasteiger partial charge in [-0.2, -0.15) is 0 Å². The van der Waals surface area contributed by atoms with Crippen molar-refractivity contribution in [3.8, 4) is 5.75 Å². The molecule has 33 heavy (non-hydrogen) atoms. The molecule has 0 aliphatic carbocycles. The van der Waals surface area contributed by atoms with Gasteiger partial charge in [0.2, 0.25) is 0 Å². The fourth-order valence-electron chi connectivity index (χ4n) is 3.26. The first-order chi connectivity index (χ1) is 16.1. The minimum absolute atomic E-state index is 0.276. The van der Waals surface area contributed by atoms with Crippen molar-refractivity contribution in [3.05, 3.63) is 108 Å². The molecule has 0 unspecified atom stereocenters. The molecule has 0 atom stereocenters. The highest BCUT2D eigenvalue weighted by Crippen LogP contribution is 2.18. The summed E-state index contributed by atoms with van der Waals surface area (Å²) in [6.45, 7) is 0.763. The Balaban J connectivity index is 1.52. The van der Waals surface area contributed by atoms with Gasteiger partial charge in [0, 0.05) is 17.5 Å². The average Bonchev–Trinajstić information content (AvgIpc) is 2.86. The smallest absolute Gasteiger partial charge is 0.274 e. The summed E-state index contributed by atoms with van der Waals surface area (Å²) in [4.78, 5) is 16.0. The van der Waals surface area contributed by atoms with Crippen molar-refractivity contribution < 1.29 is 19.1 Å². The molecule has 166 valence electrons. The molecule has 0 saturated carbocycles. The molecule has 0 fully saturated rings. The molecule has 1 aromatic heterocycles. The van der Waals surface area contributed by atoms with E-state index in [1.807, 2.05) is 36.4 Å². The summed E-state index contributed by atoms with van der Waals surface area (Å²) in [7, 11) is 0. The van der Waals surface area contributed by atoms with Crippen LogP contribution in [-0.2, 0) is 0 Å². The molecule has 0 saturated heterocycles. The Kier molecular flexibility index (Phi) is 6.92. The monoisotopic (exact) mass is 443 g/mol. The molecule has 0 radical (unpaired) electrons. The first-order valence-corrected chi connectivity index (χ1v) is 10.3. The zero-order chi connectivity index (χ0) is 23.0. The molecule has 3 N–H and O–H groups in total. The van der Waals surface area contributed by atoms with Crippen LogP contribution in [0.4, 0.5) is 10.1 Å². The van der Waals surface area contributed by atoms with Gasteiger partial charge in [-0.05, 0) is 59.7 Å². The Hall–Kier alpha value is -4.23. The molecule has 0 bridgehead atoms. The third-order valence-corrected chi connectivity index (χ3v) is 4.99. The van der Waals surface area contributed by atoms with E-state index in [2.05, 4.69) is 10.3 Å². The van der Waals surface area contributed by atoms with Gasteiger partial charge in [-0.25, -0.2) is 9.87 Å². The number of para-hydroxylation sites is 1. The lowest BCUT2D eigenvalue weighted by Crippen LogP contribution is -2.18. The van der Waals surface area contributed by atoms with Crippen LogP contribution in [0.5, 0.6) is 5.75 Å². The van der Waals surface area contributed by atoms with Gasteiger partial charge in [0.15, 0.2) is 0 Å². The number of rotatable bonds is 8. The van der Waals surface area contributed by atoms with Crippen LogP contribution >= 0.6 is 0 Å². The summed E-state index contributed by atoms with van der Waals surface area (Å²) in [5.74, 6) is -0.337. The second-order valence-corrected chi connectivity index (χ2v) is 7.38. The van der Waals surface area contributed by atoms with E-state index >= 15 is 0 Å². The zero-order valence-corrected chi connectivity index (χ0v) is 17.7. The number of halogens is 1. The van der Waals surface area contributed by atoms with Crippen molar-refractivity contribution in [2.75, 3.05) is 18.5 Å². The standard InChI is InChI=1S/C26H22FN3O3/c27-22-9-11-24(12-10-22)33-17-19(13-18-5-7-20(8-6-18)26(31)30-32)15-28-23-14-21-3-1-2-4-25(21)29-16-23/h1-14,16,28,32H,15,17H2,(H,30,31)/b19-13-. The van der Waals surface area contributed by atoms with Crippen molar-refractivity contribution in [1.82, 2.24) is 10.5 Å². The van der Waals surface area contributed by atoms with Crippen molar-refractivity contribution in [2.45, 2.75) is 0 Å². The highest BCUT2D eigenvalue weighted by Gasteiger charge is 2.06. The van der Waals surface area contributed by atoms with E-state index < -0.39 is 5.91 Å². The van der Waals surface area contributed by atoms with Gasteiger partial charge in [0.1, 0.15) is 18.2 Å². The highest BCUT2D eigenvalue weighted by atomic mass is 19.1. The van der Waals surface area contributed by atoms with E-state index in [0.29, 0.717) is 17.9 Å². The minimum Gasteiger partial charge on any atom is -0.489 e. The number of hydroxylamine groups is 1. The van der Waals surface area contributed by atoms with Crippen LogP contribution in [0.2, 0.25) is 0 Å². The Labute approximate surface area is 190 Å². The summed E-state index contributed by atoms with van der Waals surface area (Å²) >= 11 is 0. The fourth-order valence-corrected chi connectivity index (χ4v) is 3.26. The number of pyridine rings is 1. The van der Waals surface area contributed by atoms with Gasteiger partial charge in [-0.15, -0.1) is 0 Å². The van der Waals surface area contributed by atoms with Crippen LogP contribution in [0.15, 0.2) is 90.6 Å². The number of aromatic nitrogens is 1.